The van der Waals surface area contributed by atoms with Crippen molar-refractivity contribution in [1.82, 2.24) is 4.90 Å². The lowest BCUT2D eigenvalue weighted by molar-refractivity contribution is 0.189. The highest BCUT2D eigenvalue weighted by molar-refractivity contribution is 5.52. The molecule has 1 aliphatic heterocycles. The summed E-state index contributed by atoms with van der Waals surface area (Å²) in [7, 11) is 1.74. The number of nitrogens with zero attached hydrogens (tertiary/aromatic N) is 1. The molecule has 1 fully saturated rings. The number of rotatable bonds is 5. The van der Waals surface area contributed by atoms with Crippen molar-refractivity contribution in [2.24, 2.45) is 0 Å². The molecule has 0 N–H and O–H groups in total. The van der Waals surface area contributed by atoms with Gasteiger partial charge in [-0.3, -0.25) is 4.90 Å². The first-order chi connectivity index (χ1) is 11.8. The molecule has 0 aromatic heterocycles. The number of fused-ring (bicyclic) bond motifs is 1. The zero-order chi connectivity index (χ0) is 16.4. The topological polar surface area (TPSA) is 21.7 Å². The SMILES string of the molecule is COc1ccc2c(c1OC1CCN(Cc3ccccc3)C1)CCC2. The Labute approximate surface area is 144 Å². The van der Waals surface area contributed by atoms with Crippen molar-refractivity contribution in [3.05, 3.63) is 59.2 Å². The molecule has 3 nitrogen and oxygen atoms in total. The molecule has 3 heteroatoms. The highest BCUT2D eigenvalue weighted by Gasteiger charge is 2.27. The maximum Gasteiger partial charge on any atom is 0.165 e. The minimum Gasteiger partial charge on any atom is -0.493 e. The number of hydrogen-bond acceptors (Lipinski definition) is 3. The van der Waals surface area contributed by atoms with Crippen molar-refractivity contribution < 1.29 is 9.47 Å². The van der Waals surface area contributed by atoms with Crippen molar-refractivity contribution in [2.75, 3.05) is 20.2 Å². The molecule has 1 aliphatic carbocycles. The number of ether oxygens (including phenoxy) is 2. The average Bonchev–Trinajstić information content (AvgIpc) is 3.25. The van der Waals surface area contributed by atoms with Crippen molar-refractivity contribution in [3.8, 4) is 11.5 Å². The zero-order valence-corrected chi connectivity index (χ0v) is 14.3. The van der Waals surface area contributed by atoms with Crippen molar-refractivity contribution in [3.63, 3.8) is 0 Å². The first-order valence-corrected chi connectivity index (χ1v) is 8.95. The van der Waals surface area contributed by atoms with E-state index < -0.39 is 0 Å². The van der Waals surface area contributed by atoms with Crippen LogP contribution in [0.1, 0.15) is 29.5 Å². The Morgan fingerprint density at radius 2 is 1.96 bits per heavy atom. The van der Waals surface area contributed by atoms with Gasteiger partial charge in [0.25, 0.3) is 0 Å². The molecule has 4 rings (SSSR count). The third-order valence-electron chi connectivity index (χ3n) is 5.18. The molecule has 1 saturated heterocycles. The standard InChI is InChI=1S/C21H25NO2/c1-23-20-11-10-17-8-5-9-19(17)21(20)24-18-12-13-22(15-18)14-16-6-3-2-4-7-16/h2-4,6-7,10-11,18H,5,8-9,12-15H2,1H3. The largest absolute Gasteiger partial charge is 0.493 e. The van der Waals surface area contributed by atoms with E-state index in [1.807, 2.05) is 0 Å². The van der Waals surface area contributed by atoms with Crippen LogP contribution in [0.2, 0.25) is 0 Å². The summed E-state index contributed by atoms with van der Waals surface area (Å²) < 4.78 is 12.0. The monoisotopic (exact) mass is 323 g/mol. The molecule has 2 aromatic carbocycles. The van der Waals surface area contributed by atoms with Crippen molar-refractivity contribution >= 4 is 0 Å². The van der Waals surface area contributed by atoms with Gasteiger partial charge in [-0.25, -0.2) is 0 Å². The normalized spacial score (nSPS) is 20.1. The second kappa shape index (κ2) is 6.86. The summed E-state index contributed by atoms with van der Waals surface area (Å²) in [5.74, 6) is 1.89. The highest BCUT2D eigenvalue weighted by atomic mass is 16.5. The van der Waals surface area contributed by atoms with Crippen LogP contribution in [0.25, 0.3) is 0 Å². The van der Waals surface area contributed by atoms with E-state index in [2.05, 4.69) is 47.4 Å². The van der Waals surface area contributed by atoms with E-state index in [1.165, 1.54) is 29.5 Å². The maximum atomic E-state index is 6.44. The number of likely N-dealkylation sites (tertiary alicyclic amines) is 1. The summed E-state index contributed by atoms with van der Waals surface area (Å²) in [6.07, 6.45) is 4.85. The lowest BCUT2D eigenvalue weighted by Crippen LogP contribution is -2.25. The fraction of sp³-hybridized carbons (Fsp3) is 0.429. The van der Waals surface area contributed by atoms with E-state index in [4.69, 9.17) is 9.47 Å². The summed E-state index contributed by atoms with van der Waals surface area (Å²) in [6.45, 7) is 3.09. The molecule has 2 aliphatic rings. The zero-order valence-electron chi connectivity index (χ0n) is 14.3. The second-order valence-electron chi connectivity index (χ2n) is 6.84. The fourth-order valence-corrected chi connectivity index (χ4v) is 3.95. The first kappa shape index (κ1) is 15.5. The van der Waals surface area contributed by atoms with Gasteiger partial charge in [0.1, 0.15) is 6.10 Å². The quantitative estimate of drug-likeness (QED) is 0.834. The smallest absolute Gasteiger partial charge is 0.165 e. The van der Waals surface area contributed by atoms with E-state index in [-0.39, 0.29) is 6.10 Å². The number of methoxy groups -OCH3 is 1. The Balaban J connectivity index is 1.45. The average molecular weight is 323 g/mol. The Morgan fingerprint density at radius 3 is 2.79 bits per heavy atom. The number of aryl methyl sites for hydroxylation is 1. The predicted molar refractivity (Wildman–Crippen MR) is 95.8 cm³/mol. The summed E-state index contributed by atoms with van der Waals surface area (Å²) in [5, 5.41) is 0. The first-order valence-electron chi connectivity index (χ1n) is 8.95. The Bertz CT molecular complexity index is 698. The van der Waals surface area contributed by atoms with Gasteiger partial charge >= 0.3 is 0 Å². The molecular weight excluding hydrogens is 298 g/mol. The second-order valence-corrected chi connectivity index (χ2v) is 6.84. The molecule has 1 unspecified atom stereocenters. The van der Waals surface area contributed by atoms with Crippen LogP contribution in [-0.2, 0) is 19.4 Å². The summed E-state index contributed by atoms with van der Waals surface area (Å²) in [4.78, 5) is 2.48. The van der Waals surface area contributed by atoms with Crippen LogP contribution < -0.4 is 9.47 Å². The molecule has 126 valence electrons. The molecule has 0 bridgehead atoms. The van der Waals surface area contributed by atoms with Crippen LogP contribution in [0, 0.1) is 0 Å². The summed E-state index contributed by atoms with van der Waals surface area (Å²) >= 11 is 0. The fourth-order valence-electron chi connectivity index (χ4n) is 3.95. The van der Waals surface area contributed by atoms with Gasteiger partial charge in [0.05, 0.1) is 7.11 Å². The van der Waals surface area contributed by atoms with Crippen LogP contribution in [0.5, 0.6) is 11.5 Å². The van der Waals surface area contributed by atoms with Crippen LogP contribution in [0.3, 0.4) is 0 Å². The summed E-state index contributed by atoms with van der Waals surface area (Å²) in [6, 6.07) is 14.9. The Morgan fingerprint density at radius 1 is 1.08 bits per heavy atom. The molecule has 0 saturated carbocycles. The molecule has 1 heterocycles. The highest BCUT2D eigenvalue weighted by Crippen LogP contribution is 2.39. The minimum absolute atomic E-state index is 0.259. The third kappa shape index (κ3) is 3.13. The molecule has 1 atom stereocenters. The maximum absolute atomic E-state index is 6.44. The van der Waals surface area contributed by atoms with E-state index in [0.717, 1.165) is 44.0 Å². The van der Waals surface area contributed by atoms with Crippen molar-refractivity contribution in [1.29, 1.82) is 0 Å². The van der Waals surface area contributed by atoms with Crippen LogP contribution in [0.4, 0.5) is 0 Å². The number of hydrogen-bond donors (Lipinski definition) is 0. The van der Waals surface area contributed by atoms with E-state index in [9.17, 15) is 0 Å². The molecular formula is C21H25NO2. The summed E-state index contributed by atoms with van der Waals surface area (Å²) in [5.41, 5.74) is 4.18. The van der Waals surface area contributed by atoms with Gasteiger partial charge in [0.2, 0.25) is 0 Å². The van der Waals surface area contributed by atoms with E-state index in [1.54, 1.807) is 7.11 Å². The lowest BCUT2D eigenvalue weighted by atomic mass is 10.1. The molecule has 0 amide bonds. The van der Waals surface area contributed by atoms with Gasteiger partial charge in [-0.05, 0) is 42.9 Å². The van der Waals surface area contributed by atoms with Gasteiger partial charge in [-0.2, -0.15) is 0 Å². The predicted octanol–water partition coefficient (Wildman–Crippen LogP) is 3.84. The Hall–Kier alpha value is -2.00. The van der Waals surface area contributed by atoms with Gasteiger partial charge in [-0.1, -0.05) is 36.4 Å². The van der Waals surface area contributed by atoms with Crippen LogP contribution >= 0.6 is 0 Å². The Kier molecular flexibility index (Phi) is 4.44. The van der Waals surface area contributed by atoms with E-state index in [0.29, 0.717) is 0 Å². The molecule has 0 spiro atoms. The van der Waals surface area contributed by atoms with Gasteiger partial charge in [0, 0.05) is 25.2 Å². The van der Waals surface area contributed by atoms with Crippen LogP contribution in [0.15, 0.2) is 42.5 Å². The van der Waals surface area contributed by atoms with Crippen molar-refractivity contribution in [2.45, 2.75) is 38.3 Å². The van der Waals surface area contributed by atoms with E-state index >= 15 is 0 Å². The van der Waals surface area contributed by atoms with Gasteiger partial charge in [0.15, 0.2) is 11.5 Å². The molecule has 0 radical (unpaired) electrons. The van der Waals surface area contributed by atoms with Crippen LogP contribution in [-0.4, -0.2) is 31.2 Å². The molecule has 2 aromatic rings. The van der Waals surface area contributed by atoms with Gasteiger partial charge in [-0.15, -0.1) is 0 Å². The minimum atomic E-state index is 0.259. The molecule has 24 heavy (non-hydrogen) atoms. The van der Waals surface area contributed by atoms with Gasteiger partial charge < -0.3 is 9.47 Å². The number of benzene rings is 2. The third-order valence-corrected chi connectivity index (χ3v) is 5.18. The lowest BCUT2D eigenvalue weighted by Gasteiger charge is -2.20.